The summed E-state index contributed by atoms with van der Waals surface area (Å²) in [6, 6.07) is 6.92. The molecular weight excluding hydrogens is 328 g/mol. The van der Waals surface area contributed by atoms with Gasteiger partial charge in [0.2, 0.25) is 0 Å². The number of nitrogens with one attached hydrogen (secondary N) is 2. The minimum Gasteiger partial charge on any atom is -0.380 e. The lowest BCUT2D eigenvalue weighted by molar-refractivity contribution is 0.338. The van der Waals surface area contributed by atoms with E-state index in [1.54, 1.807) is 0 Å². The largest absolute Gasteiger partial charge is 0.380 e. The lowest BCUT2D eigenvalue weighted by Crippen LogP contribution is -2.49. The Labute approximate surface area is 134 Å². The fraction of sp³-hybridized carbons (Fsp3) is 0.562. The zero-order chi connectivity index (χ0) is 14.2. The average molecular weight is 349 g/mol. The molecule has 0 radical (unpaired) electrons. The molecule has 2 heterocycles. The maximum Gasteiger partial charge on any atom is 0.110 e. The number of rotatable bonds is 0. The number of anilines is 1. The fourth-order valence-corrected chi connectivity index (χ4v) is 4.12. The van der Waals surface area contributed by atoms with E-state index in [1.807, 2.05) is 0 Å². The smallest absolute Gasteiger partial charge is 0.110 e. The third-order valence-corrected chi connectivity index (χ3v) is 5.32. The van der Waals surface area contributed by atoms with Gasteiger partial charge in [0.05, 0.1) is 11.4 Å². The molecule has 4 nitrogen and oxygen atoms in total. The topological polar surface area (TPSA) is 39.7 Å². The van der Waals surface area contributed by atoms with E-state index in [2.05, 4.69) is 49.7 Å². The molecule has 1 aromatic rings. The first-order chi connectivity index (χ1) is 10.3. The van der Waals surface area contributed by atoms with Gasteiger partial charge in [-0.25, -0.2) is 4.99 Å². The fourth-order valence-electron chi connectivity index (χ4n) is 3.77. The van der Waals surface area contributed by atoms with E-state index < -0.39 is 0 Å². The number of piperazine rings is 1. The highest BCUT2D eigenvalue weighted by Crippen LogP contribution is 2.39. The van der Waals surface area contributed by atoms with Gasteiger partial charge in [-0.05, 0) is 31.0 Å². The lowest BCUT2D eigenvalue weighted by atomic mass is 10.0. The highest BCUT2D eigenvalue weighted by atomic mass is 79.9. The van der Waals surface area contributed by atoms with E-state index in [4.69, 9.17) is 4.99 Å². The number of fused-ring (bicyclic) bond motifs is 2. The minimum absolute atomic E-state index is 0.543. The van der Waals surface area contributed by atoms with Crippen molar-refractivity contribution in [3.8, 4) is 0 Å². The number of halogens is 1. The summed E-state index contributed by atoms with van der Waals surface area (Å²) >= 11 is 3.57. The summed E-state index contributed by atoms with van der Waals surface area (Å²) < 4.78 is 1.10. The molecular formula is C16H21BrN4. The quantitative estimate of drug-likeness (QED) is 0.757. The van der Waals surface area contributed by atoms with Gasteiger partial charge in [0, 0.05) is 42.6 Å². The van der Waals surface area contributed by atoms with Crippen LogP contribution in [0.25, 0.3) is 0 Å². The number of benzene rings is 1. The number of aliphatic imine (C=N–C) groups is 1. The summed E-state index contributed by atoms with van der Waals surface area (Å²) in [5.74, 6) is 1.87. The normalized spacial score (nSPS) is 28.2. The van der Waals surface area contributed by atoms with Crippen molar-refractivity contribution in [1.82, 2.24) is 10.2 Å². The molecule has 2 N–H and O–H groups in total. The molecule has 0 bridgehead atoms. The van der Waals surface area contributed by atoms with Crippen molar-refractivity contribution >= 4 is 33.1 Å². The van der Waals surface area contributed by atoms with Crippen LogP contribution in [0, 0.1) is 5.92 Å². The first kappa shape index (κ1) is 13.6. The Bertz CT molecular complexity index is 565. The molecule has 2 unspecified atom stereocenters. The molecule has 21 heavy (non-hydrogen) atoms. The van der Waals surface area contributed by atoms with Gasteiger partial charge in [-0.15, -0.1) is 0 Å². The molecule has 5 heteroatoms. The van der Waals surface area contributed by atoms with Gasteiger partial charge in [-0.1, -0.05) is 22.4 Å². The molecule has 4 rings (SSSR count). The summed E-state index contributed by atoms with van der Waals surface area (Å²) in [5, 5.41) is 7.18. The summed E-state index contributed by atoms with van der Waals surface area (Å²) in [6.07, 6.45) is 3.82. The standard InChI is InChI=1S/C16H21BrN4/c17-11-4-5-14-15(10-11)20-16(21-8-6-18-7-9-21)12-2-1-3-13(12)19-14/h4-5,10,12-13,18-19H,1-3,6-9H2. The van der Waals surface area contributed by atoms with Crippen LogP contribution in [-0.2, 0) is 0 Å². The van der Waals surface area contributed by atoms with E-state index in [9.17, 15) is 0 Å². The van der Waals surface area contributed by atoms with Crippen LogP contribution in [0.2, 0.25) is 0 Å². The molecule has 2 fully saturated rings. The van der Waals surface area contributed by atoms with Gasteiger partial charge in [-0.2, -0.15) is 0 Å². The molecule has 112 valence electrons. The van der Waals surface area contributed by atoms with E-state index in [-0.39, 0.29) is 0 Å². The summed E-state index contributed by atoms with van der Waals surface area (Å²) in [7, 11) is 0. The summed E-state index contributed by atoms with van der Waals surface area (Å²) in [4.78, 5) is 7.59. The van der Waals surface area contributed by atoms with Crippen molar-refractivity contribution in [2.75, 3.05) is 31.5 Å². The van der Waals surface area contributed by atoms with Crippen LogP contribution in [0.15, 0.2) is 27.7 Å². The monoisotopic (exact) mass is 348 g/mol. The first-order valence-electron chi connectivity index (χ1n) is 7.91. The lowest BCUT2D eigenvalue weighted by Gasteiger charge is -2.34. The Balaban J connectivity index is 1.76. The number of hydrogen-bond acceptors (Lipinski definition) is 4. The predicted octanol–water partition coefficient (Wildman–Crippen LogP) is 2.98. The third kappa shape index (κ3) is 2.57. The van der Waals surface area contributed by atoms with Crippen molar-refractivity contribution in [3.05, 3.63) is 22.7 Å². The summed E-state index contributed by atoms with van der Waals surface area (Å²) in [6.45, 7) is 4.28. The van der Waals surface area contributed by atoms with E-state index in [1.165, 1.54) is 30.8 Å². The van der Waals surface area contributed by atoms with Crippen LogP contribution < -0.4 is 10.6 Å². The zero-order valence-electron chi connectivity index (χ0n) is 12.1. The second-order valence-electron chi connectivity index (χ2n) is 6.16. The Morgan fingerprint density at radius 2 is 2.05 bits per heavy atom. The van der Waals surface area contributed by atoms with Crippen molar-refractivity contribution < 1.29 is 0 Å². The van der Waals surface area contributed by atoms with Gasteiger partial charge >= 0.3 is 0 Å². The number of nitrogens with zero attached hydrogens (tertiary/aromatic N) is 2. The van der Waals surface area contributed by atoms with Crippen LogP contribution in [-0.4, -0.2) is 43.0 Å². The molecule has 0 amide bonds. The highest BCUT2D eigenvalue weighted by Gasteiger charge is 2.36. The van der Waals surface area contributed by atoms with Gasteiger partial charge < -0.3 is 15.5 Å². The first-order valence-corrected chi connectivity index (χ1v) is 8.71. The van der Waals surface area contributed by atoms with Crippen molar-refractivity contribution in [2.45, 2.75) is 25.3 Å². The van der Waals surface area contributed by atoms with Crippen molar-refractivity contribution in [2.24, 2.45) is 10.9 Å². The molecule has 2 atom stereocenters. The minimum atomic E-state index is 0.543. The maximum atomic E-state index is 5.09. The van der Waals surface area contributed by atoms with Crippen molar-refractivity contribution in [1.29, 1.82) is 0 Å². The SMILES string of the molecule is Brc1ccc2c(c1)N=C(N1CCNCC1)C1CCCC1N2. The average Bonchev–Trinajstić information content (AvgIpc) is 2.90. The van der Waals surface area contributed by atoms with Gasteiger partial charge in [0.25, 0.3) is 0 Å². The molecule has 2 aliphatic heterocycles. The molecule has 3 aliphatic rings. The molecule has 1 aromatic carbocycles. The second kappa shape index (κ2) is 5.61. The third-order valence-electron chi connectivity index (χ3n) is 4.82. The van der Waals surface area contributed by atoms with E-state index >= 15 is 0 Å². The van der Waals surface area contributed by atoms with E-state index in [0.717, 1.165) is 36.3 Å². The number of hydrogen-bond donors (Lipinski definition) is 2. The molecule has 1 aliphatic carbocycles. The Kier molecular flexibility index (Phi) is 3.63. The van der Waals surface area contributed by atoms with E-state index in [0.29, 0.717) is 12.0 Å². The predicted molar refractivity (Wildman–Crippen MR) is 90.4 cm³/mol. The second-order valence-corrected chi connectivity index (χ2v) is 7.07. The van der Waals surface area contributed by atoms with Crippen molar-refractivity contribution in [3.63, 3.8) is 0 Å². The Morgan fingerprint density at radius 3 is 2.90 bits per heavy atom. The Hall–Kier alpha value is -1.07. The van der Waals surface area contributed by atoms with Gasteiger partial charge in [0.15, 0.2) is 0 Å². The number of amidine groups is 1. The van der Waals surface area contributed by atoms with Crippen LogP contribution in [0.5, 0.6) is 0 Å². The maximum absolute atomic E-state index is 5.09. The molecule has 0 aromatic heterocycles. The van der Waals surface area contributed by atoms with Crippen LogP contribution in [0.4, 0.5) is 11.4 Å². The van der Waals surface area contributed by atoms with Gasteiger partial charge in [-0.3, -0.25) is 0 Å². The van der Waals surface area contributed by atoms with Crippen LogP contribution in [0.3, 0.4) is 0 Å². The van der Waals surface area contributed by atoms with Crippen LogP contribution in [0.1, 0.15) is 19.3 Å². The summed E-state index contributed by atoms with van der Waals surface area (Å²) in [5.41, 5.74) is 2.26. The molecule has 0 spiro atoms. The highest BCUT2D eigenvalue weighted by molar-refractivity contribution is 9.10. The Morgan fingerprint density at radius 1 is 1.19 bits per heavy atom. The molecule has 1 saturated heterocycles. The van der Waals surface area contributed by atoms with Gasteiger partial charge in [0.1, 0.15) is 5.84 Å². The van der Waals surface area contributed by atoms with Crippen LogP contribution >= 0.6 is 15.9 Å². The zero-order valence-corrected chi connectivity index (χ0v) is 13.7. The molecule has 1 saturated carbocycles.